The number of aromatic nitrogens is 3. The molecule has 5 heteroatoms. The van der Waals surface area contributed by atoms with E-state index in [-0.39, 0.29) is 0 Å². The predicted octanol–water partition coefficient (Wildman–Crippen LogP) is 1.14. The topological polar surface area (TPSA) is 54.2 Å². The van der Waals surface area contributed by atoms with Crippen molar-refractivity contribution in [1.82, 2.24) is 19.9 Å². The molecule has 0 fully saturated rings. The summed E-state index contributed by atoms with van der Waals surface area (Å²) in [7, 11) is 0. The quantitative estimate of drug-likeness (QED) is 0.715. The molecule has 0 unspecified atom stereocenters. The maximum Gasteiger partial charge on any atom is 0.157 e. The molecule has 0 saturated heterocycles. The van der Waals surface area contributed by atoms with Crippen molar-refractivity contribution in [3.8, 4) is 0 Å². The average Bonchev–Trinajstić information content (AvgIpc) is 2.76. The van der Waals surface area contributed by atoms with Crippen LogP contribution in [0, 0.1) is 0 Å². The van der Waals surface area contributed by atoms with Crippen LogP contribution in [0.1, 0.15) is 13.3 Å². The molecule has 2 aromatic rings. The van der Waals surface area contributed by atoms with Crippen molar-refractivity contribution in [2.24, 2.45) is 0 Å². The lowest BCUT2D eigenvalue weighted by atomic mass is 10.4. The lowest BCUT2D eigenvalue weighted by molar-refractivity contribution is 0.688. The fourth-order valence-corrected chi connectivity index (χ4v) is 1.52. The molecule has 0 spiro atoms. The SMILES string of the molecule is CCNCCCNc1ccn2nccc2n1. The van der Waals surface area contributed by atoms with Crippen molar-refractivity contribution >= 4 is 11.5 Å². The number of anilines is 1. The number of nitrogens with one attached hydrogen (secondary N) is 2. The van der Waals surface area contributed by atoms with Crippen molar-refractivity contribution in [2.75, 3.05) is 25.0 Å². The summed E-state index contributed by atoms with van der Waals surface area (Å²) in [4.78, 5) is 4.42. The first-order valence-electron chi connectivity index (χ1n) is 5.65. The van der Waals surface area contributed by atoms with Gasteiger partial charge in [0.2, 0.25) is 0 Å². The largest absolute Gasteiger partial charge is 0.370 e. The first-order chi connectivity index (χ1) is 7.90. The Morgan fingerprint density at radius 2 is 2.25 bits per heavy atom. The molecule has 0 aliphatic rings. The van der Waals surface area contributed by atoms with Crippen molar-refractivity contribution in [3.05, 3.63) is 24.5 Å². The fourth-order valence-electron chi connectivity index (χ4n) is 1.52. The highest BCUT2D eigenvalue weighted by molar-refractivity contribution is 5.45. The molecule has 2 rings (SSSR count). The van der Waals surface area contributed by atoms with Gasteiger partial charge in [0, 0.05) is 18.8 Å². The minimum atomic E-state index is 0.872. The molecule has 0 bridgehead atoms. The highest BCUT2D eigenvalue weighted by atomic mass is 15.2. The van der Waals surface area contributed by atoms with Crippen LogP contribution in [-0.2, 0) is 0 Å². The van der Waals surface area contributed by atoms with Gasteiger partial charge in [-0.15, -0.1) is 0 Å². The van der Waals surface area contributed by atoms with Crippen molar-refractivity contribution in [3.63, 3.8) is 0 Å². The van der Waals surface area contributed by atoms with Gasteiger partial charge in [-0.2, -0.15) is 5.10 Å². The maximum absolute atomic E-state index is 4.42. The van der Waals surface area contributed by atoms with Gasteiger partial charge < -0.3 is 10.6 Å². The smallest absolute Gasteiger partial charge is 0.157 e. The third-order valence-electron chi connectivity index (χ3n) is 2.34. The summed E-state index contributed by atoms with van der Waals surface area (Å²) in [6, 6.07) is 3.83. The monoisotopic (exact) mass is 219 g/mol. The van der Waals surface area contributed by atoms with Gasteiger partial charge in [0.1, 0.15) is 5.82 Å². The normalized spacial score (nSPS) is 10.8. The lowest BCUT2D eigenvalue weighted by Gasteiger charge is -2.05. The van der Waals surface area contributed by atoms with Crippen LogP contribution in [0.4, 0.5) is 5.82 Å². The Kier molecular flexibility index (Phi) is 3.71. The van der Waals surface area contributed by atoms with E-state index in [4.69, 9.17) is 0 Å². The summed E-state index contributed by atoms with van der Waals surface area (Å²) < 4.78 is 1.75. The van der Waals surface area contributed by atoms with Crippen LogP contribution in [0.2, 0.25) is 0 Å². The molecule has 5 nitrogen and oxygen atoms in total. The molecular weight excluding hydrogens is 202 g/mol. The van der Waals surface area contributed by atoms with E-state index in [0.29, 0.717) is 0 Å². The van der Waals surface area contributed by atoms with E-state index in [1.807, 2.05) is 18.3 Å². The molecule has 0 radical (unpaired) electrons. The van der Waals surface area contributed by atoms with E-state index in [0.717, 1.165) is 37.5 Å². The summed E-state index contributed by atoms with van der Waals surface area (Å²) in [6.45, 7) is 5.12. The van der Waals surface area contributed by atoms with Crippen LogP contribution in [0.3, 0.4) is 0 Å². The number of fused-ring (bicyclic) bond motifs is 1. The van der Waals surface area contributed by atoms with Gasteiger partial charge in [-0.3, -0.25) is 0 Å². The molecule has 2 heterocycles. The van der Waals surface area contributed by atoms with E-state index < -0.39 is 0 Å². The number of nitrogens with zero attached hydrogens (tertiary/aromatic N) is 3. The zero-order valence-electron chi connectivity index (χ0n) is 9.48. The molecule has 2 aromatic heterocycles. The summed E-state index contributed by atoms with van der Waals surface area (Å²) in [5.41, 5.74) is 0.872. The van der Waals surface area contributed by atoms with Gasteiger partial charge in [0.15, 0.2) is 5.65 Å². The molecule has 0 saturated carbocycles. The standard InChI is InChI=1S/C11H17N5/c1-2-12-6-3-7-13-10-5-9-16-11(15-10)4-8-14-16/h4-5,8-9,12H,2-3,6-7H2,1H3,(H,13,15). The fraction of sp³-hybridized carbons (Fsp3) is 0.455. The Bertz CT molecular complexity index is 437. The van der Waals surface area contributed by atoms with Crippen molar-refractivity contribution in [2.45, 2.75) is 13.3 Å². The summed E-state index contributed by atoms with van der Waals surface area (Å²) in [5.74, 6) is 0.907. The van der Waals surface area contributed by atoms with E-state index in [1.54, 1.807) is 10.7 Å². The number of rotatable bonds is 6. The van der Waals surface area contributed by atoms with Crippen molar-refractivity contribution in [1.29, 1.82) is 0 Å². The third-order valence-corrected chi connectivity index (χ3v) is 2.34. The maximum atomic E-state index is 4.42. The van der Waals surface area contributed by atoms with E-state index in [2.05, 4.69) is 27.6 Å². The molecule has 0 amide bonds. The minimum absolute atomic E-state index is 0.872. The number of hydrogen-bond acceptors (Lipinski definition) is 4. The Morgan fingerprint density at radius 1 is 1.31 bits per heavy atom. The predicted molar refractivity (Wildman–Crippen MR) is 64.6 cm³/mol. The Morgan fingerprint density at radius 3 is 3.12 bits per heavy atom. The second-order valence-electron chi connectivity index (χ2n) is 3.58. The molecule has 2 N–H and O–H groups in total. The van der Waals surface area contributed by atoms with Gasteiger partial charge in [-0.25, -0.2) is 9.50 Å². The molecule has 86 valence electrons. The molecule has 0 aromatic carbocycles. The van der Waals surface area contributed by atoms with E-state index in [9.17, 15) is 0 Å². The Hall–Kier alpha value is -1.62. The average molecular weight is 219 g/mol. The van der Waals surface area contributed by atoms with Crippen LogP contribution >= 0.6 is 0 Å². The van der Waals surface area contributed by atoms with Crippen LogP contribution in [0.15, 0.2) is 24.5 Å². The van der Waals surface area contributed by atoms with Gasteiger partial charge in [0.25, 0.3) is 0 Å². The van der Waals surface area contributed by atoms with Crippen molar-refractivity contribution < 1.29 is 0 Å². The Balaban J connectivity index is 1.84. The highest BCUT2D eigenvalue weighted by Crippen LogP contribution is 2.05. The van der Waals surface area contributed by atoms with Gasteiger partial charge in [0.05, 0.1) is 6.20 Å². The summed E-state index contributed by atoms with van der Waals surface area (Å²) >= 11 is 0. The number of hydrogen-bond donors (Lipinski definition) is 2. The van der Waals surface area contributed by atoms with Gasteiger partial charge >= 0.3 is 0 Å². The Labute approximate surface area is 94.9 Å². The van der Waals surface area contributed by atoms with E-state index >= 15 is 0 Å². The minimum Gasteiger partial charge on any atom is -0.370 e. The third kappa shape index (κ3) is 2.70. The molecule has 0 aliphatic carbocycles. The molecule has 0 atom stereocenters. The van der Waals surface area contributed by atoms with Crippen LogP contribution in [0.25, 0.3) is 5.65 Å². The molecular formula is C11H17N5. The first kappa shape index (κ1) is 10.9. The molecule has 16 heavy (non-hydrogen) atoms. The highest BCUT2D eigenvalue weighted by Gasteiger charge is 1.97. The van der Waals surface area contributed by atoms with Crippen LogP contribution in [-0.4, -0.2) is 34.2 Å². The zero-order chi connectivity index (χ0) is 11.2. The van der Waals surface area contributed by atoms with E-state index in [1.165, 1.54) is 0 Å². The van der Waals surface area contributed by atoms with Gasteiger partial charge in [-0.05, 0) is 25.6 Å². The zero-order valence-corrected chi connectivity index (χ0v) is 9.48. The van der Waals surface area contributed by atoms with Crippen LogP contribution < -0.4 is 10.6 Å². The van der Waals surface area contributed by atoms with Crippen LogP contribution in [0.5, 0.6) is 0 Å². The first-order valence-corrected chi connectivity index (χ1v) is 5.65. The second-order valence-corrected chi connectivity index (χ2v) is 3.58. The summed E-state index contributed by atoms with van der Waals surface area (Å²) in [6.07, 6.45) is 4.76. The lowest BCUT2D eigenvalue weighted by Crippen LogP contribution is -2.17. The molecule has 0 aliphatic heterocycles. The second kappa shape index (κ2) is 5.46. The van der Waals surface area contributed by atoms with Gasteiger partial charge in [-0.1, -0.05) is 6.92 Å². The summed E-state index contributed by atoms with van der Waals surface area (Å²) in [5, 5.41) is 10.7.